The first-order valence-corrected chi connectivity index (χ1v) is 8.73. The van der Waals surface area contributed by atoms with Crippen LogP contribution in [0.4, 0.5) is 0 Å². The Balaban J connectivity index is 1.56. The Morgan fingerprint density at radius 3 is 2.08 bits per heavy atom. The van der Waals surface area contributed by atoms with E-state index in [4.69, 9.17) is 18.9 Å². The molecule has 138 valence electrons. The Morgan fingerprint density at radius 2 is 1.46 bits per heavy atom. The highest BCUT2D eigenvalue weighted by molar-refractivity contribution is 5.18. The first-order valence-electron chi connectivity index (χ1n) is 8.73. The molecule has 6 atom stereocenters. The highest BCUT2D eigenvalue weighted by Gasteiger charge is 2.48. The van der Waals surface area contributed by atoms with Crippen LogP contribution < -0.4 is 0 Å². The number of aliphatic hydroxyl groups excluding tert-OH is 2. The number of hydrogen-bond acceptors (Lipinski definition) is 6. The quantitative estimate of drug-likeness (QED) is 0.870. The third-order valence-electron chi connectivity index (χ3n) is 4.67. The van der Waals surface area contributed by atoms with Gasteiger partial charge in [0.25, 0.3) is 0 Å². The molecule has 0 aliphatic carbocycles. The first-order chi connectivity index (χ1) is 12.8. The molecule has 2 aliphatic heterocycles. The fourth-order valence-electron chi connectivity index (χ4n) is 3.33. The van der Waals surface area contributed by atoms with Gasteiger partial charge in [0, 0.05) is 11.1 Å². The number of rotatable bonds is 4. The van der Waals surface area contributed by atoms with Gasteiger partial charge >= 0.3 is 0 Å². The molecule has 2 heterocycles. The molecule has 2 N–H and O–H groups in total. The van der Waals surface area contributed by atoms with Crippen molar-refractivity contribution in [2.45, 2.75) is 37.0 Å². The molecule has 4 rings (SSSR count). The summed E-state index contributed by atoms with van der Waals surface area (Å²) >= 11 is 0. The van der Waals surface area contributed by atoms with Crippen LogP contribution in [0.3, 0.4) is 0 Å². The maximum atomic E-state index is 10.3. The highest BCUT2D eigenvalue weighted by Crippen LogP contribution is 2.38. The van der Waals surface area contributed by atoms with Crippen molar-refractivity contribution in [3.05, 3.63) is 71.8 Å². The van der Waals surface area contributed by atoms with Crippen LogP contribution in [0.2, 0.25) is 0 Å². The fraction of sp³-hybridized carbons (Fsp3) is 0.400. The Morgan fingerprint density at radius 1 is 0.846 bits per heavy atom. The van der Waals surface area contributed by atoms with Gasteiger partial charge in [0.1, 0.15) is 24.4 Å². The molecule has 0 aromatic heterocycles. The summed E-state index contributed by atoms with van der Waals surface area (Å²) in [7, 11) is 0. The van der Waals surface area contributed by atoms with E-state index in [9.17, 15) is 10.2 Å². The summed E-state index contributed by atoms with van der Waals surface area (Å²) in [6.45, 7) is -0.110. The first kappa shape index (κ1) is 17.6. The van der Waals surface area contributed by atoms with Crippen LogP contribution in [0.1, 0.15) is 23.7 Å². The van der Waals surface area contributed by atoms with Gasteiger partial charge in [0.2, 0.25) is 0 Å². The summed E-state index contributed by atoms with van der Waals surface area (Å²) in [5.74, 6) is 0. The molecule has 0 spiro atoms. The summed E-state index contributed by atoms with van der Waals surface area (Å²) in [6.07, 6.45) is -3.96. The van der Waals surface area contributed by atoms with Crippen LogP contribution in [0.5, 0.6) is 0 Å². The average molecular weight is 358 g/mol. The van der Waals surface area contributed by atoms with Crippen molar-refractivity contribution >= 4 is 0 Å². The van der Waals surface area contributed by atoms with E-state index in [0.29, 0.717) is 6.61 Å². The molecule has 2 aromatic carbocycles. The maximum Gasteiger partial charge on any atom is 0.184 e. The fourth-order valence-corrected chi connectivity index (χ4v) is 3.33. The highest BCUT2D eigenvalue weighted by atomic mass is 16.8. The molecular formula is C20H22O6. The average Bonchev–Trinajstić information content (AvgIpc) is 2.73. The van der Waals surface area contributed by atoms with Gasteiger partial charge in [0.15, 0.2) is 12.6 Å². The normalized spacial score (nSPS) is 32.6. The van der Waals surface area contributed by atoms with Gasteiger partial charge in [-0.3, -0.25) is 0 Å². The number of fused-ring (bicyclic) bond motifs is 1. The smallest absolute Gasteiger partial charge is 0.184 e. The number of ether oxygens (including phenoxy) is 4. The summed E-state index contributed by atoms with van der Waals surface area (Å²) < 4.78 is 23.9. The topological polar surface area (TPSA) is 77.4 Å². The second-order valence-electron chi connectivity index (χ2n) is 6.44. The molecule has 6 nitrogen and oxygen atoms in total. The van der Waals surface area contributed by atoms with Gasteiger partial charge in [-0.05, 0) is 0 Å². The largest absolute Gasteiger partial charge is 0.394 e. The van der Waals surface area contributed by atoms with Crippen molar-refractivity contribution in [3.63, 3.8) is 0 Å². The van der Waals surface area contributed by atoms with E-state index in [1.54, 1.807) is 0 Å². The zero-order valence-corrected chi connectivity index (χ0v) is 14.2. The van der Waals surface area contributed by atoms with E-state index < -0.39 is 43.6 Å². The Bertz CT molecular complexity index is 692. The van der Waals surface area contributed by atoms with Crippen molar-refractivity contribution in [3.8, 4) is 0 Å². The number of hydrogen-bond donors (Lipinski definition) is 2. The van der Waals surface area contributed by atoms with Crippen molar-refractivity contribution < 1.29 is 29.2 Å². The van der Waals surface area contributed by atoms with E-state index in [1.807, 2.05) is 60.7 Å². The van der Waals surface area contributed by atoms with Gasteiger partial charge in [0.05, 0.1) is 13.2 Å². The molecule has 0 bridgehead atoms. The van der Waals surface area contributed by atoms with Crippen molar-refractivity contribution in [1.82, 2.24) is 0 Å². The minimum atomic E-state index is -1.08. The van der Waals surface area contributed by atoms with Crippen LogP contribution in [0.25, 0.3) is 0 Å². The molecule has 0 radical (unpaired) electrons. The van der Waals surface area contributed by atoms with Crippen LogP contribution in [-0.2, 0) is 18.9 Å². The second kappa shape index (κ2) is 7.84. The molecule has 0 saturated carbocycles. The summed E-state index contributed by atoms with van der Waals surface area (Å²) in [5.41, 5.74) is 1.72. The lowest BCUT2D eigenvalue weighted by Crippen LogP contribution is -2.58. The zero-order valence-electron chi connectivity index (χ0n) is 14.2. The molecule has 6 heteroatoms. The second-order valence-corrected chi connectivity index (χ2v) is 6.44. The van der Waals surface area contributed by atoms with Gasteiger partial charge in [-0.15, -0.1) is 0 Å². The van der Waals surface area contributed by atoms with E-state index in [-0.39, 0.29) is 0 Å². The van der Waals surface area contributed by atoms with Crippen LogP contribution in [-0.4, -0.2) is 47.8 Å². The van der Waals surface area contributed by atoms with Gasteiger partial charge in [-0.25, -0.2) is 0 Å². The molecule has 26 heavy (non-hydrogen) atoms. The van der Waals surface area contributed by atoms with Crippen molar-refractivity contribution in [1.29, 1.82) is 0 Å². The lowest BCUT2D eigenvalue weighted by atomic mass is 9.99. The van der Waals surface area contributed by atoms with Crippen LogP contribution in [0.15, 0.2) is 60.7 Å². The standard InChI is InChI=1S/C20H22O6/c21-11-15(22)17-18-16(24-20(25-17)14-9-5-2-6-10-14)12-23-19(26-18)13-7-3-1-4-8-13/h1-10,15-22H,11-12H2/t15-,16+,17-,18?,19?,20?/m0/s1. The molecule has 2 saturated heterocycles. The molecule has 2 fully saturated rings. The summed E-state index contributed by atoms with van der Waals surface area (Å²) in [5, 5.41) is 19.8. The summed E-state index contributed by atoms with van der Waals surface area (Å²) in [4.78, 5) is 0. The molecule has 2 aromatic rings. The lowest BCUT2D eigenvalue weighted by molar-refractivity contribution is -0.373. The SMILES string of the molecule is OC[C@H](O)[C@@H]1OC(c2ccccc2)O[C@@H]2COC(c3ccccc3)OC12. The van der Waals surface area contributed by atoms with Crippen molar-refractivity contribution in [2.24, 2.45) is 0 Å². The molecule has 3 unspecified atom stereocenters. The molecule has 0 amide bonds. The number of aliphatic hydroxyl groups is 2. The predicted octanol–water partition coefficient (Wildman–Crippen LogP) is 1.94. The van der Waals surface area contributed by atoms with Gasteiger partial charge < -0.3 is 29.2 Å². The van der Waals surface area contributed by atoms with E-state index >= 15 is 0 Å². The summed E-state index contributed by atoms with van der Waals surface area (Å²) in [6, 6.07) is 19.1. The molecule has 2 aliphatic rings. The monoisotopic (exact) mass is 358 g/mol. The van der Waals surface area contributed by atoms with Crippen LogP contribution >= 0.6 is 0 Å². The van der Waals surface area contributed by atoms with E-state index in [2.05, 4.69) is 0 Å². The molecular weight excluding hydrogens is 336 g/mol. The Kier molecular flexibility index (Phi) is 5.31. The van der Waals surface area contributed by atoms with E-state index in [0.717, 1.165) is 11.1 Å². The minimum absolute atomic E-state index is 0.311. The van der Waals surface area contributed by atoms with Gasteiger partial charge in [-0.1, -0.05) is 60.7 Å². The Labute approximate surface area is 151 Å². The third kappa shape index (κ3) is 3.53. The minimum Gasteiger partial charge on any atom is -0.394 e. The predicted molar refractivity (Wildman–Crippen MR) is 92.0 cm³/mol. The van der Waals surface area contributed by atoms with E-state index in [1.165, 1.54) is 0 Å². The third-order valence-corrected chi connectivity index (χ3v) is 4.67. The number of benzene rings is 2. The van der Waals surface area contributed by atoms with Gasteiger partial charge in [-0.2, -0.15) is 0 Å². The van der Waals surface area contributed by atoms with Crippen LogP contribution in [0, 0.1) is 0 Å². The van der Waals surface area contributed by atoms with Crippen molar-refractivity contribution in [2.75, 3.05) is 13.2 Å². The zero-order chi connectivity index (χ0) is 17.9. The lowest BCUT2D eigenvalue weighted by Gasteiger charge is -2.47. The Hall–Kier alpha value is -1.80. The maximum absolute atomic E-state index is 10.3.